The van der Waals surface area contributed by atoms with Crippen molar-refractivity contribution in [1.29, 1.82) is 0 Å². The van der Waals surface area contributed by atoms with Crippen LogP contribution in [0.4, 0.5) is 4.39 Å². The highest BCUT2D eigenvalue weighted by Gasteiger charge is 2.09. The van der Waals surface area contributed by atoms with Gasteiger partial charge in [0.25, 0.3) is 0 Å². The summed E-state index contributed by atoms with van der Waals surface area (Å²) in [5.74, 6) is -0.213. The molecule has 1 N–H and O–H groups in total. The van der Waals surface area contributed by atoms with E-state index in [2.05, 4.69) is 16.1 Å². The number of benzene rings is 2. The van der Waals surface area contributed by atoms with Crippen LogP contribution in [-0.4, -0.2) is 11.6 Å². The van der Waals surface area contributed by atoms with Gasteiger partial charge in [-0.3, -0.25) is 0 Å². The van der Waals surface area contributed by atoms with Gasteiger partial charge in [-0.05, 0) is 42.4 Å². The molecule has 0 aliphatic carbocycles. The molecule has 3 rings (SSSR count). The van der Waals surface area contributed by atoms with E-state index in [1.165, 1.54) is 23.1 Å². The number of hydrogen-bond donors (Lipinski definition) is 1. The van der Waals surface area contributed by atoms with Gasteiger partial charge in [0.15, 0.2) is 0 Å². The number of nitrogens with zero attached hydrogens (tertiary/aromatic N) is 1. The van der Waals surface area contributed by atoms with Gasteiger partial charge in [-0.1, -0.05) is 29.8 Å². The summed E-state index contributed by atoms with van der Waals surface area (Å²) < 4.78 is 15.2. The summed E-state index contributed by atoms with van der Waals surface area (Å²) in [5.41, 5.74) is 3.38. The van der Waals surface area contributed by atoms with Gasteiger partial charge >= 0.3 is 0 Å². The van der Waals surface area contributed by atoms with Crippen LogP contribution in [0.2, 0.25) is 5.02 Å². The zero-order valence-electron chi connectivity index (χ0n) is 11.7. The molecule has 0 spiro atoms. The second-order valence-corrected chi connectivity index (χ2v) is 5.54. The maximum absolute atomic E-state index is 13.0. The minimum absolute atomic E-state index is 0.213. The molecular weight excluding hydrogens is 287 g/mol. The molecular formula is C17H16ClFN2. The number of rotatable bonds is 4. The zero-order chi connectivity index (χ0) is 14.8. The van der Waals surface area contributed by atoms with Gasteiger partial charge in [0.1, 0.15) is 5.82 Å². The molecule has 0 aliphatic heterocycles. The summed E-state index contributed by atoms with van der Waals surface area (Å²) >= 11 is 6.12. The molecule has 2 nitrogen and oxygen atoms in total. The molecule has 0 amide bonds. The Labute approximate surface area is 128 Å². The van der Waals surface area contributed by atoms with Gasteiger partial charge in [-0.25, -0.2) is 4.39 Å². The third-order valence-electron chi connectivity index (χ3n) is 3.56. The van der Waals surface area contributed by atoms with Crippen LogP contribution < -0.4 is 5.32 Å². The van der Waals surface area contributed by atoms with Crippen LogP contribution in [-0.2, 0) is 13.1 Å². The number of nitrogens with one attached hydrogen (secondary N) is 1. The van der Waals surface area contributed by atoms with E-state index < -0.39 is 0 Å². The molecule has 1 aromatic heterocycles. The topological polar surface area (TPSA) is 17.0 Å². The lowest BCUT2D eigenvalue weighted by Gasteiger charge is -2.06. The molecule has 0 unspecified atom stereocenters. The van der Waals surface area contributed by atoms with Gasteiger partial charge in [0.2, 0.25) is 0 Å². The maximum atomic E-state index is 13.0. The lowest BCUT2D eigenvalue weighted by atomic mass is 10.2. The number of hydrogen-bond acceptors (Lipinski definition) is 1. The molecule has 2 aromatic carbocycles. The van der Waals surface area contributed by atoms with Gasteiger partial charge in [-0.15, -0.1) is 0 Å². The standard InChI is InChI=1S/C17H16ClFN2/c1-20-9-13-11-21(10-12-2-5-15(19)6-3-12)17-8-14(18)4-7-16(13)17/h2-8,11,20H,9-10H2,1H3. The molecule has 4 heteroatoms. The Balaban J connectivity index is 2.04. The fourth-order valence-corrected chi connectivity index (χ4v) is 2.76. The predicted octanol–water partition coefficient (Wildman–Crippen LogP) is 4.20. The van der Waals surface area contributed by atoms with E-state index in [4.69, 9.17) is 11.6 Å². The van der Waals surface area contributed by atoms with Crippen molar-refractivity contribution in [2.45, 2.75) is 13.1 Å². The first-order valence-corrected chi connectivity index (χ1v) is 7.21. The summed E-state index contributed by atoms with van der Waals surface area (Å²) in [6.45, 7) is 1.50. The largest absolute Gasteiger partial charge is 0.343 e. The van der Waals surface area contributed by atoms with Crippen molar-refractivity contribution in [2.24, 2.45) is 0 Å². The second-order valence-electron chi connectivity index (χ2n) is 5.10. The van der Waals surface area contributed by atoms with Gasteiger partial charge in [0.05, 0.1) is 5.52 Å². The Morgan fingerprint density at radius 2 is 1.90 bits per heavy atom. The Morgan fingerprint density at radius 1 is 1.14 bits per heavy atom. The lowest BCUT2D eigenvalue weighted by molar-refractivity contribution is 0.626. The van der Waals surface area contributed by atoms with Crippen molar-refractivity contribution in [3.05, 3.63) is 70.6 Å². The fourth-order valence-electron chi connectivity index (χ4n) is 2.59. The van der Waals surface area contributed by atoms with E-state index >= 15 is 0 Å². The van der Waals surface area contributed by atoms with Crippen molar-refractivity contribution in [3.8, 4) is 0 Å². The van der Waals surface area contributed by atoms with Crippen LogP contribution >= 0.6 is 11.6 Å². The average molecular weight is 303 g/mol. The van der Waals surface area contributed by atoms with Crippen molar-refractivity contribution in [3.63, 3.8) is 0 Å². The molecule has 0 fully saturated rings. The molecule has 0 aliphatic rings. The van der Waals surface area contributed by atoms with E-state index in [1.54, 1.807) is 0 Å². The van der Waals surface area contributed by atoms with Crippen LogP contribution in [0.3, 0.4) is 0 Å². The summed E-state index contributed by atoms with van der Waals surface area (Å²) in [4.78, 5) is 0. The van der Waals surface area contributed by atoms with Crippen molar-refractivity contribution in [1.82, 2.24) is 9.88 Å². The van der Waals surface area contributed by atoms with Crippen molar-refractivity contribution < 1.29 is 4.39 Å². The minimum atomic E-state index is -0.213. The van der Waals surface area contributed by atoms with Gasteiger partial charge < -0.3 is 9.88 Å². The molecule has 21 heavy (non-hydrogen) atoms. The van der Waals surface area contributed by atoms with E-state index in [0.29, 0.717) is 6.54 Å². The molecule has 0 saturated carbocycles. The fraction of sp³-hybridized carbons (Fsp3) is 0.176. The highest BCUT2D eigenvalue weighted by Crippen LogP contribution is 2.25. The third kappa shape index (κ3) is 2.94. The van der Waals surface area contributed by atoms with Crippen LogP contribution in [0.25, 0.3) is 10.9 Å². The average Bonchev–Trinajstić information content (AvgIpc) is 2.79. The van der Waals surface area contributed by atoms with Crippen LogP contribution in [0, 0.1) is 5.82 Å². The first kappa shape index (κ1) is 14.1. The van der Waals surface area contributed by atoms with Crippen molar-refractivity contribution >= 4 is 22.5 Å². The van der Waals surface area contributed by atoms with Gasteiger partial charge in [0, 0.05) is 29.7 Å². The van der Waals surface area contributed by atoms with Crippen molar-refractivity contribution in [2.75, 3.05) is 7.05 Å². The van der Waals surface area contributed by atoms with Crippen LogP contribution in [0.15, 0.2) is 48.7 Å². The second kappa shape index (κ2) is 5.88. The highest BCUT2D eigenvalue weighted by molar-refractivity contribution is 6.31. The Kier molecular flexibility index (Phi) is 3.95. The SMILES string of the molecule is CNCc1cn(Cc2ccc(F)cc2)c2cc(Cl)ccc12. The number of halogens is 2. The summed E-state index contributed by atoms with van der Waals surface area (Å²) in [6, 6.07) is 12.5. The van der Waals surface area contributed by atoms with Crippen LogP contribution in [0.1, 0.15) is 11.1 Å². The third-order valence-corrected chi connectivity index (χ3v) is 3.80. The molecule has 0 atom stereocenters. The lowest BCUT2D eigenvalue weighted by Crippen LogP contribution is -2.04. The molecule has 0 bridgehead atoms. The zero-order valence-corrected chi connectivity index (χ0v) is 12.5. The maximum Gasteiger partial charge on any atom is 0.123 e. The Morgan fingerprint density at radius 3 is 2.62 bits per heavy atom. The first-order chi connectivity index (χ1) is 10.2. The predicted molar refractivity (Wildman–Crippen MR) is 85.2 cm³/mol. The molecule has 3 aromatic rings. The summed E-state index contributed by atoms with van der Waals surface area (Å²) in [7, 11) is 1.93. The number of fused-ring (bicyclic) bond motifs is 1. The smallest absolute Gasteiger partial charge is 0.123 e. The van der Waals surface area contributed by atoms with Gasteiger partial charge in [-0.2, -0.15) is 0 Å². The summed E-state index contributed by atoms with van der Waals surface area (Å²) in [6.07, 6.45) is 2.13. The summed E-state index contributed by atoms with van der Waals surface area (Å²) in [5, 5.41) is 5.09. The first-order valence-electron chi connectivity index (χ1n) is 6.83. The quantitative estimate of drug-likeness (QED) is 0.764. The molecule has 0 saturated heterocycles. The Bertz CT molecular complexity index is 762. The molecule has 108 valence electrons. The van der Waals surface area contributed by atoms with E-state index in [-0.39, 0.29) is 5.82 Å². The Hall–Kier alpha value is -1.84. The molecule has 1 heterocycles. The van der Waals surface area contributed by atoms with E-state index in [9.17, 15) is 4.39 Å². The highest BCUT2D eigenvalue weighted by atomic mass is 35.5. The number of aromatic nitrogens is 1. The normalized spacial score (nSPS) is 11.2. The monoisotopic (exact) mass is 302 g/mol. The minimum Gasteiger partial charge on any atom is -0.343 e. The van der Waals surface area contributed by atoms with E-state index in [0.717, 1.165) is 22.6 Å². The molecule has 0 radical (unpaired) electrons. The van der Waals surface area contributed by atoms with E-state index in [1.807, 2.05) is 37.4 Å². The van der Waals surface area contributed by atoms with Crippen LogP contribution in [0.5, 0.6) is 0 Å².